The molecule has 2 unspecified atom stereocenters. The van der Waals surface area contributed by atoms with Crippen LogP contribution in [0, 0.1) is 5.92 Å². The summed E-state index contributed by atoms with van der Waals surface area (Å²) in [6, 6.07) is 6.61. The number of hydrogen-bond acceptors (Lipinski definition) is 2. The third kappa shape index (κ3) is 2.08. The maximum absolute atomic E-state index is 10.9. The van der Waals surface area contributed by atoms with Gasteiger partial charge in [-0.3, -0.25) is 0 Å². The largest absolute Gasteiger partial charge is 0.385 e. The van der Waals surface area contributed by atoms with Crippen LogP contribution in [-0.2, 0) is 18.4 Å². The van der Waals surface area contributed by atoms with Crippen LogP contribution in [0.1, 0.15) is 42.9 Å². The van der Waals surface area contributed by atoms with Gasteiger partial charge in [-0.15, -0.1) is 0 Å². The fourth-order valence-corrected chi connectivity index (χ4v) is 3.45. The van der Waals surface area contributed by atoms with E-state index in [4.69, 9.17) is 0 Å². The highest BCUT2D eigenvalue weighted by molar-refractivity contribution is 5.37. The van der Waals surface area contributed by atoms with Crippen molar-refractivity contribution in [3.05, 3.63) is 34.9 Å². The monoisotopic (exact) mass is 245 g/mol. The molecule has 0 spiro atoms. The lowest BCUT2D eigenvalue weighted by Crippen LogP contribution is -2.42. The number of piperidine rings is 1. The lowest BCUT2D eigenvalue weighted by molar-refractivity contribution is -0.0157. The number of benzene rings is 1. The standard InChI is InChI=1S/C16H23NO/c1-16(18,15-6-3-9-17-11-15)14-8-7-12-4-2-5-13(12)10-14/h7-8,10,15,17-18H,2-6,9,11H2,1H3. The van der Waals surface area contributed by atoms with E-state index in [1.807, 2.05) is 6.92 Å². The van der Waals surface area contributed by atoms with Crippen LogP contribution in [0.3, 0.4) is 0 Å². The molecule has 0 amide bonds. The fraction of sp³-hybridized carbons (Fsp3) is 0.625. The van der Waals surface area contributed by atoms with E-state index in [1.54, 1.807) is 0 Å². The van der Waals surface area contributed by atoms with Crippen LogP contribution in [0.4, 0.5) is 0 Å². The van der Waals surface area contributed by atoms with Gasteiger partial charge < -0.3 is 10.4 Å². The summed E-state index contributed by atoms with van der Waals surface area (Å²) in [6.45, 7) is 4.02. The van der Waals surface area contributed by atoms with Crippen LogP contribution >= 0.6 is 0 Å². The first-order valence-corrected chi connectivity index (χ1v) is 7.23. The van der Waals surface area contributed by atoms with Crippen molar-refractivity contribution < 1.29 is 5.11 Å². The molecular weight excluding hydrogens is 222 g/mol. The molecule has 3 rings (SSSR count). The van der Waals surface area contributed by atoms with Gasteiger partial charge in [0.15, 0.2) is 0 Å². The molecule has 0 aromatic heterocycles. The number of nitrogens with one attached hydrogen (secondary N) is 1. The van der Waals surface area contributed by atoms with E-state index in [0.29, 0.717) is 5.92 Å². The van der Waals surface area contributed by atoms with Crippen molar-refractivity contribution in [2.75, 3.05) is 13.1 Å². The van der Waals surface area contributed by atoms with Gasteiger partial charge in [0, 0.05) is 12.5 Å². The van der Waals surface area contributed by atoms with Crippen molar-refractivity contribution in [2.24, 2.45) is 5.92 Å². The summed E-state index contributed by atoms with van der Waals surface area (Å²) in [5.74, 6) is 0.339. The van der Waals surface area contributed by atoms with Crippen LogP contribution in [0.5, 0.6) is 0 Å². The van der Waals surface area contributed by atoms with Crippen LogP contribution in [-0.4, -0.2) is 18.2 Å². The van der Waals surface area contributed by atoms with Crippen molar-refractivity contribution >= 4 is 0 Å². The highest BCUT2D eigenvalue weighted by Crippen LogP contribution is 2.35. The first-order valence-electron chi connectivity index (χ1n) is 7.23. The Morgan fingerprint density at radius 1 is 1.22 bits per heavy atom. The van der Waals surface area contributed by atoms with Gasteiger partial charge in [0.2, 0.25) is 0 Å². The maximum Gasteiger partial charge on any atom is 0.0908 e. The predicted octanol–water partition coefficient (Wildman–Crippen LogP) is 2.38. The highest BCUT2D eigenvalue weighted by atomic mass is 16.3. The van der Waals surface area contributed by atoms with Gasteiger partial charge in [-0.2, -0.15) is 0 Å². The Labute approximate surface area is 109 Å². The lowest BCUT2D eigenvalue weighted by Gasteiger charge is -2.36. The molecule has 2 heteroatoms. The third-order valence-electron chi connectivity index (χ3n) is 4.77. The Morgan fingerprint density at radius 3 is 2.83 bits per heavy atom. The number of hydrogen-bond donors (Lipinski definition) is 2. The zero-order valence-corrected chi connectivity index (χ0v) is 11.2. The van der Waals surface area contributed by atoms with E-state index in [0.717, 1.165) is 25.1 Å². The van der Waals surface area contributed by atoms with Crippen molar-refractivity contribution in [3.8, 4) is 0 Å². The summed E-state index contributed by atoms with van der Waals surface area (Å²) in [4.78, 5) is 0. The van der Waals surface area contributed by atoms with Crippen molar-refractivity contribution in [2.45, 2.75) is 44.6 Å². The third-order valence-corrected chi connectivity index (χ3v) is 4.77. The van der Waals surface area contributed by atoms with Gasteiger partial charge in [-0.25, -0.2) is 0 Å². The molecule has 2 aliphatic rings. The van der Waals surface area contributed by atoms with Crippen LogP contribution in [0.25, 0.3) is 0 Å². The van der Waals surface area contributed by atoms with Crippen molar-refractivity contribution in [3.63, 3.8) is 0 Å². The first kappa shape index (κ1) is 12.2. The molecule has 2 nitrogen and oxygen atoms in total. The molecule has 1 aromatic carbocycles. The SMILES string of the molecule is CC(O)(c1ccc2c(c1)CCC2)C1CCCNC1. The minimum Gasteiger partial charge on any atom is -0.385 e. The van der Waals surface area contributed by atoms with Gasteiger partial charge in [0.1, 0.15) is 0 Å². The second-order valence-corrected chi connectivity index (χ2v) is 6.03. The predicted molar refractivity (Wildman–Crippen MR) is 73.6 cm³/mol. The minimum absolute atomic E-state index is 0.339. The quantitative estimate of drug-likeness (QED) is 0.838. The Balaban J connectivity index is 1.87. The molecule has 1 fully saturated rings. The molecule has 0 radical (unpaired) electrons. The molecule has 1 aliphatic carbocycles. The number of aryl methyl sites for hydroxylation is 2. The van der Waals surface area contributed by atoms with E-state index in [1.165, 1.54) is 36.8 Å². The molecule has 1 aromatic rings. The summed E-state index contributed by atoms with van der Waals surface area (Å²) < 4.78 is 0. The summed E-state index contributed by atoms with van der Waals surface area (Å²) in [5, 5.41) is 14.3. The first-order chi connectivity index (χ1) is 8.68. The van der Waals surface area contributed by atoms with E-state index in [-0.39, 0.29) is 0 Å². The molecule has 0 saturated carbocycles. The fourth-order valence-electron chi connectivity index (χ4n) is 3.45. The molecule has 1 heterocycles. The summed E-state index contributed by atoms with van der Waals surface area (Å²) in [6.07, 6.45) is 5.96. The second-order valence-electron chi connectivity index (χ2n) is 6.03. The molecule has 1 aliphatic heterocycles. The normalized spacial score (nSPS) is 26.7. The Bertz CT molecular complexity index is 433. The zero-order valence-electron chi connectivity index (χ0n) is 11.2. The Hall–Kier alpha value is -0.860. The summed E-state index contributed by atoms with van der Waals surface area (Å²) in [7, 11) is 0. The average Bonchev–Trinajstić information content (AvgIpc) is 2.87. The van der Waals surface area contributed by atoms with Gasteiger partial charge in [0.25, 0.3) is 0 Å². The molecule has 18 heavy (non-hydrogen) atoms. The zero-order chi connectivity index (χ0) is 12.6. The number of aliphatic hydroxyl groups is 1. The molecular formula is C16H23NO. The van der Waals surface area contributed by atoms with Gasteiger partial charge in [-0.05, 0) is 62.3 Å². The Kier molecular flexibility index (Phi) is 3.16. The smallest absolute Gasteiger partial charge is 0.0908 e. The molecule has 2 atom stereocenters. The van der Waals surface area contributed by atoms with E-state index >= 15 is 0 Å². The molecule has 1 saturated heterocycles. The molecule has 0 bridgehead atoms. The average molecular weight is 245 g/mol. The Morgan fingerprint density at radius 2 is 2.06 bits per heavy atom. The lowest BCUT2D eigenvalue weighted by atomic mass is 9.78. The van der Waals surface area contributed by atoms with E-state index in [2.05, 4.69) is 23.5 Å². The topological polar surface area (TPSA) is 32.3 Å². The van der Waals surface area contributed by atoms with Crippen LogP contribution in [0.2, 0.25) is 0 Å². The highest BCUT2D eigenvalue weighted by Gasteiger charge is 2.34. The molecule has 98 valence electrons. The number of fused-ring (bicyclic) bond motifs is 1. The summed E-state index contributed by atoms with van der Waals surface area (Å²) >= 11 is 0. The maximum atomic E-state index is 10.9. The second kappa shape index (κ2) is 4.67. The van der Waals surface area contributed by atoms with Crippen molar-refractivity contribution in [1.29, 1.82) is 0 Å². The minimum atomic E-state index is -0.689. The van der Waals surface area contributed by atoms with E-state index in [9.17, 15) is 5.11 Å². The van der Waals surface area contributed by atoms with Gasteiger partial charge >= 0.3 is 0 Å². The van der Waals surface area contributed by atoms with Crippen molar-refractivity contribution in [1.82, 2.24) is 5.32 Å². The van der Waals surface area contributed by atoms with Crippen LogP contribution in [0.15, 0.2) is 18.2 Å². The van der Waals surface area contributed by atoms with Crippen LogP contribution < -0.4 is 5.32 Å². The molecule has 2 N–H and O–H groups in total. The summed E-state index contributed by atoms with van der Waals surface area (Å²) in [5.41, 5.74) is 3.36. The number of rotatable bonds is 2. The van der Waals surface area contributed by atoms with E-state index < -0.39 is 5.60 Å². The van der Waals surface area contributed by atoms with Gasteiger partial charge in [0.05, 0.1) is 5.60 Å². The van der Waals surface area contributed by atoms with Gasteiger partial charge in [-0.1, -0.05) is 18.2 Å².